The fraction of sp³-hybridized carbons (Fsp3) is 0.160. The van der Waals surface area contributed by atoms with Crippen LogP contribution in [0.1, 0.15) is 72.7 Å². The van der Waals surface area contributed by atoms with Crippen molar-refractivity contribution in [3.8, 4) is 50.6 Å². The van der Waals surface area contributed by atoms with E-state index in [2.05, 4.69) is 17.1 Å². The van der Waals surface area contributed by atoms with Crippen molar-refractivity contribution >= 4 is 11.0 Å². The second kappa shape index (κ2) is 17.2. The second-order valence-corrected chi connectivity index (χ2v) is 13.3. The van der Waals surface area contributed by atoms with Crippen molar-refractivity contribution in [3.63, 3.8) is 0 Å². The van der Waals surface area contributed by atoms with Crippen LogP contribution in [0, 0.1) is 25.8 Å². The van der Waals surface area contributed by atoms with Crippen molar-refractivity contribution < 1.29 is 31.1 Å². The molecule has 0 bridgehead atoms. The van der Waals surface area contributed by atoms with Gasteiger partial charge in [-0.15, -0.1) is 65.2 Å². The van der Waals surface area contributed by atoms with Crippen LogP contribution in [0.4, 0.5) is 0 Å². The Balaban J connectivity index is 0.000000236. The number of imidazole rings is 1. The van der Waals surface area contributed by atoms with E-state index >= 15 is 0 Å². The molecule has 0 atom stereocenters. The van der Waals surface area contributed by atoms with Crippen LogP contribution in [-0.2, 0) is 20.1 Å². The minimum atomic E-state index is -2.31. The molecule has 1 radical (unpaired) electrons. The predicted molar refractivity (Wildman–Crippen MR) is 222 cm³/mol. The predicted octanol–water partition coefficient (Wildman–Crippen LogP) is 13.2. The van der Waals surface area contributed by atoms with E-state index in [0.29, 0.717) is 22.5 Å². The van der Waals surface area contributed by atoms with Gasteiger partial charge in [0.25, 0.3) is 0 Å². The van der Waals surface area contributed by atoms with Crippen LogP contribution in [0.3, 0.4) is 0 Å². The number of aromatic nitrogens is 3. The van der Waals surface area contributed by atoms with Gasteiger partial charge < -0.3 is 9.55 Å². The Morgan fingerprint density at radius 2 is 1.35 bits per heavy atom. The molecule has 6 aromatic carbocycles. The second-order valence-electron chi connectivity index (χ2n) is 13.3. The molecule has 0 fully saturated rings. The van der Waals surface area contributed by atoms with Crippen LogP contribution < -0.4 is 0 Å². The number of benzene rings is 6. The van der Waals surface area contributed by atoms with Gasteiger partial charge in [-0.2, -0.15) is 0 Å². The maximum atomic E-state index is 8.98. The molecule has 0 amide bonds. The summed E-state index contributed by atoms with van der Waals surface area (Å²) >= 11 is 0. The third kappa shape index (κ3) is 8.21. The van der Waals surface area contributed by atoms with Crippen LogP contribution >= 0.6 is 0 Å². The first kappa shape index (κ1) is 29.0. The standard InChI is InChI=1S/C32H31N2.C18H14N.Ir/c1-21(2)26-14-11-15-27(22(3)4)31(26)34-30-17-10-9-16-29(30)33-32(34)25-19-18-23(5)28(20-25)24-12-7-6-8-13-24;1-14-7-9-15(10-8-14)17-11-12-18(19-13-17)16-5-3-2-4-6-16;/h6-18,20-22H,1-5H3;2-5,7-13H,1H3;/q2*-1;/i5D3,21D,22D;1D3;. The van der Waals surface area contributed by atoms with E-state index in [1.165, 1.54) is 0 Å². The molecular formula is C50H45IrN3-2. The van der Waals surface area contributed by atoms with Gasteiger partial charge in [-0.3, -0.25) is 4.98 Å². The minimum Gasteiger partial charge on any atom is -0.333 e. The first-order valence-corrected chi connectivity index (χ1v) is 17.6. The van der Waals surface area contributed by atoms with Crippen LogP contribution in [0.2, 0.25) is 0 Å². The molecule has 4 heteroatoms. The Bertz CT molecular complexity index is 2740. The van der Waals surface area contributed by atoms with Gasteiger partial charge in [0.2, 0.25) is 0 Å². The van der Waals surface area contributed by atoms with Crippen LogP contribution in [0.25, 0.3) is 61.6 Å². The number of rotatable bonds is 7. The number of hydrogen-bond donors (Lipinski definition) is 0. The fourth-order valence-electron chi connectivity index (χ4n) is 6.44. The first-order valence-electron chi connectivity index (χ1n) is 21.6. The number of hydrogen-bond acceptors (Lipinski definition) is 2. The zero-order valence-corrected chi connectivity index (χ0v) is 33.0. The molecular weight excluding hydrogens is 835 g/mol. The molecule has 54 heavy (non-hydrogen) atoms. The molecule has 0 spiro atoms. The van der Waals surface area contributed by atoms with Crippen molar-refractivity contribution in [1.82, 2.24) is 14.5 Å². The molecule has 8 rings (SSSR count). The fourth-order valence-corrected chi connectivity index (χ4v) is 6.44. The maximum absolute atomic E-state index is 8.98. The van der Waals surface area contributed by atoms with Crippen LogP contribution in [0.15, 0.2) is 152 Å². The average Bonchev–Trinajstić information content (AvgIpc) is 3.62. The molecule has 0 aliphatic carbocycles. The Labute approximate surface area is 345 Å². The Kier molecular flexibility index (Phi) is 9.22. The minimum absolute atomic E-state index is 0. The Hall–Kier alpha value is -5.41. The summed E-state index contributed by atoms with van der Waals surface area (Å²) in [5.74, 6) is -1.33. The summed E-state index contributed by atoms with van der Waals surface area (Å²) in [6.07, 6.45) is 1.79. The number of aryl methyl sites for hydroxylation is 2. The molecule has 2 aromatic heterocycles. The summed E-state index contributed by atoms with van der Waals surface area (Å²) in [4.78, 5) is 9.46. The molecule has 3 nitrogen and oxygen atoms in total. The summed E-state index contributed by atoms with van der Waals surface area (Å²) < 4.78 is 66.6. The maximum Gasteiger partial charge on any atom is 0.0774 e. The zero-order valence-electron chi connectivity index (χ0n) is 38.6. The number of nitrogens with zero attached hydrogens (tertiary/aromatic N) is 3. The van der Waals surface area contributed by atoms with Crippen molar-refractivity contribution in [2.24, 2.45) is 0 Å². The zero-order chi connectivity index (χ0) is 43.7. The van der Waals surface area contributed by atoms with E-state index in [9.17, 15) is 0 Å². The van der Waals surface area contributed by atoms with Crippen LogP contribution in [-0.4, -0.2) is 14.5 Å². The molecule has 2 heterocycles. The van der Waals surface area contributed by atoms with Gasteiger partial charge in [0, 0.05) is 43.0 Å². The topological polar surface area (TPSA) is 30.7 Å². The molecule has 0 saturated carbocycles. The third-order valence-electron chi connectivity index (χ3n) is 9.14. The van der Waals surface area contributed by atoms with E-state index in [-0.39, 0.29) is 25.7 Å². The Morgan fingerprint density at radius 3 is 2.00 bits per heavy atom. The molecule has 0 aliphatic rings. The summed E-state index contributed by atoms with van der Waals surface area (Å²) in [5.41, 5.74) is 10.2. The smallest absolute Gasteiger partial charge is 0.0774 e. The van der Waals surface area contributed by atoms with Crippen molar-refractivity contribution in [2.45, 2.75) is 53.2 Å². The van der Waals surface area contributed by atoms with Gasteiger partial charge in [0.1, 0.15) is 0 Å². The van der Waals surface area contributed by atoms with E-state index in [4.69, 9.17) is 16.0 Å². The normalized spacial score (nSPS) is 14.0. The molecule has 0 N–H and O–H groups in total. The van der Waals surface area contributed by atoms with Gasteiger partial charge >= 0.3 is 0 Å². The number of para-hydroxylation sites is 3. The Morgan fingerprint density at radius 1 is 0.648 bits per heavy atom. The van der Waals surface area contributed by atoms with E-state index < -0.39 is 25.5 Å². The van der Waals surface area contributed by atoms with E-state index in [0.717, 1.165) is 55.8 Å². The van der Waals surface area contributed by atoms with Crippen LogP contribution in [0.5, 0.6) is 0 Å². The number of fused-ring (bicyclic) bond motifs is 1. The summed E-state index contributed by atoms with van der Waals surface area (Å²) in [5, 5.41) is 0. The first-order chi connectivity index (χ1) is 28.8. The van der Waals surface area contributed by atoms with Gasteiger partial charge in [-0.05, 0) is 64.3 Å². The average molecular weight is 888 g/mol. The van der Waals surface area contributed by atoms with Gasteiger partial charge in [0.15, 0.2) is 0 Å². The van der Waals surface area contributed by atoms with Gasteiger partial charge in [-0.25, -0.2) is 0 Å². The SMILES string of the molecule is [2H]C([2H])([2H])c1c[c-]c(-c2nc3ccccc3n2-c2c(C([2H])(C)C)cccc2C([2H])(C)C)cc1-c1ccccc1.[2H]C([2H])([2H])c1ccc(-c2ccc(-c3[c-]cccc3)nc2)cc1.[Ir]. The van der Waals surface area contributed by atoms with E-state index in [1.807, 2.05) is 160 Å². The summed E-state index contributed by atoms with van der Waals surface area (Å²) in [6.45, 7) is 2.99. The molecule has 0 aliphatic heterocycles. The van der Waals surface area contributed by atoms with Crippen molar-refractivity contribution in [1.29, 1.82) is 0 Å². The molecule has 8 aromatic rings. The molecule has 0 unspecified atom stereocenters. The van der Waals surface area contributed by atoms with Crippen molar-refractivity contribution in [3.05, 3.63) is 186 Å². The third-order valence-corrected chi connectivity index (χ3v) is 9.14. The summed E-state index contributed by atoms with van der Waals surface area (Å²) in [7, 11) is 0. The number of pyridine rings is 1. The monoisotopic (exact) mass is 888 g/mol. The van der Waals surface area contributed by atoms with E-state index in [1.54, 1.807) is 24.4 Å². The molecule has 271 valence electrons. The molecule has 0 saturated heterocycles. The summed E-state index contributed by atoms with van der Waals surface area (Å²) in [6, 6.07) is 51.3. The quantitative estimate of drug-likeness (QED) is 0.149. The van der Waals surface area contributed by atoms with Gasteiger partial charge in [-0.1, -0.05) is 143 Å². The van der Waals surface area contributed by atoms with Crippen molar-refractivity contribution in [2.75, 3.05) is 0 Å². The largest absolute Gasteiger partial charge is 0.333 e. The van der Waals surface area contributed by atoms with Gasteiger partial charge in [0.05, 0.1) is 16.9 Å².